The highest BCUT2D eigenvalue weighted by molar-refractivity contribution is 9.10. The van der Waals surface area contributed by atoms with Gasteiger partial charge in [-0.2, -0.15) is 0 Å². The Balaban J connectivity index is 2.34. The Bertz CT molecular complexity index is 785. The molecule has 3 aromatic rings. The van der Waals surface area contributed by atoms with E-state index in [0.29, 0.717) is 12.3 Å². The molecule has 0 bridgehead atoms. The normalized spacial score (nSPS) is 11.0. The molecule has 0 radical (unpaired) electrons. The van der Waals surface area contributed by atoms with E-state index in [2.05, 4.69) is 26.6 Å². The van der Waals surface area contributed by atoms with Gasteiger partial charge in [-0.1, -0.05) is 18.2 Å². The maximum Gasteiger partial charge on any atom is 0.146 e. The van der Waals surface area contributed by atoms with Crippen molar-refractivity contribution in [2.24, 2.45) is 0 Å². The molecule has 0 aliphatic rings. The van der Waals surface area contributed by atoms with Gasteiger partial charge in [0.15, 0.2) is 0 Å². The highest BCUT2D eigenvalue weighted by atomic mass is 79.9. The van der Waals surface area contributed by atoms with E-state index in [1.807, 2.05) is 36.4 Å². The van der Waals surface area contributed by atoms with Crippen LogP contribution in [0.2, 0.25) is 0 Å². The topological polar surface area (TPSA) is 27.1 Å². The fourth-order valence-electron chi connectivity index (χ4n) is 2.44. The number of benzene rings is 2. The maximum atomic E-state index is 5.94. The molecule has 0 unspecified atom stereocenters. The van der Waals surface area contributed by atoms with E-state index >= 15 is 0 Å². The molecule has 3 rings (SSSR count). The molecule has 3 nitrogen and oxygen atoms in total. The van der Waals surface area contributed by atoms with Crippen LogP contribution in [0.4, 0.5) is 0 Å². The van der Waals surface area contributed by atoms with Gasteiger partial charge in [0.1, 0.15) is 17.1 Å². The van der Waals surface area contributed by atoms with Crippen LogP contribution in [0.1, 0.15) is 5.82 Å². The van der Waals surface area contributed by atoms with Gasteiger partial charge in [-0.3, -0.25) is 4.57 Å². The number of nitrogens with zero attached hydrogens (tertiary/aromatic N) is 2. The van der Waals surface area contributed by atoms with Crippen LogP contribution in [-0.2, 0) is 6.42 Å². The summed E-state index contributed by atoms with van der Waals surface area (Å²) in [6.07, 6.45) is 0.695. The molecule has 0 aliphatic heterocycles. The van der Waals surface area contributed by atoms with E-state index in [0.717, 1.165) is 32.8 Å². The van der Waals surface area contributed by atoms with Gasteiger partial charge in [0.2, 0.25) is 0 Å². The lowest BCUT2D eigenvalue weighted by molar-refractivity contribution is 0.419. The lowest BCUT2D eigenvalue weighted by Gasteiger charge is -2.10. The third-order valence-electron chi connectivity index (χ3n) is 3.35. The zero-order valence-corrected chi connectivity index (χ0v) is 13.9. The van der Waals surface area contributed by atoms with Gasteiger partial charge in [0.05, 0.1) is 18.3 Å². The zero-order valence-electron chi connectivity index (χ0n) is 11.5. The minimum Gasteiger partial charge on any atom is -0.494 e. The van der Waals surface area contributed by atoms with Crippen LogP contribution < -0.4 is 4.74 Å². The summed E-state index contributed by atoms with van der Waals surface area (Å²) < 4.78 is 8.57. The standard InChI is InChI=1S/C16H14BrClN2O/c1-21-14-8-4-7-13-16(14)19-15(9-10-18)20(13)12-6-3-2-5-11(12)17/h2-8H,9-10H2,1H3. The van der Waals surface area contributed by atoms with Gasteiger partial charge >= 0.3 is 0 Å². The SMILES string of the molecule is COc1cccc2c1nc(CCCl)n2-c1ccccc1Br. The molecule has 0 N–H and O–H groups in total. The number of rotatable bonds is 4. The number of aryl methyl sites for hydroxylation is 1. The van der Waals surface area contributed by atoms with E-state index in [4.69, 9.17) is 21.3 Å². The first-order valence-electron chi connectivity index (χ1n) is 6.61. The predicted octanol–water partition coefficient (Wildman–Crippen LogP) is 4.58. The quantitative estimate of drug-likeness (QED) is 0.633. The summed E-state index contributed by atoms with van der Waals surface area (Å²) in [5.74, 6) is 2.22. The third-order valence-corrected chi connectivity index (χ3v) is 4.21. The van der Waals surface area contributed by atoms with E-state index in [1.54, 1.807) is 7.11 Å². The van der Waals surface area contributed by atoms with E-state index in [1.165, 1.54) is 0 Å². The molecule has 1 aromatic heterocycles. The van der Waals surface area contributed by atoms with Crippen molar-refractivity contribution in [1.29, 1.82) is 0 Å². The van der Waals surface area contributed by atoms with Crippen molar-refractivity contribution in [3.63, 3.8) is 0 Å². The number of halogens is 2. The van der Waals surface area contributed by atoms with Gasteiger partial charge in [-0.05, 0) is 40.2 Å². The Morgan fingerprint density at radius 2 is 2.00 bits per heavy atom. The number of imidazole rings is 1. The van der Waals surface area contributed by atoms with Crippen LogP contribution in [0.15, 0.2) is 46.9 Å². The highest BCUT2D eigenvalue weighted by Crippen LogP contribution is 2.31. The van der Waals surface area contributed by atoms with Gasteiger partial charge in [0.25, 0.3) is 0 Å². The van der Waals surface area contributed by atoms with Gasteiger partial charge in [0, 0.05) is 16.8 Å². The predicted molar refractivity (Wildman–Crippen MR) is 89.7 cm³/mol. The third kappa shape index (κ3) is 2.54. The van der Waals surface area contributed by atoms with Crippen molar-refractivity contribution in [2.45, 2.75) is 6.42 Å². The summed E-state index contributed by atoms with van der Waals surface area (Å²) in [4.78, 5) is 4.72. The van der Waals surface area contributed by atoms with Gasteiger partial charge < -0.3 is 4.74 Å². The lowest BCUT2D eigenvalue weighted by Crippen LogP contribution is -2.02. The molecule has 0 fully saturated rings. The number of alkyl halides is 1. The van der Waals surface area contributed by atoms with Crippen LogP contribution in [0.25, 0.3) is 16.7 Å². The minimum atomic E-state index is 0.524. The fraction of sp³-hybridized carbons (Fsp3) is 0.188. The summed E-state index contributed by atoms with van der Waals surface area (Å²) in [7, 11) is 1.66. The van der Waals surface area contributed by atoms with Crippen molar-refractivity contribution in [3.8, 4) is 11.4 Å². The lowest BCUT2D eigenvalue weighted by atomic mass is 10.2. The second-order valence-electron chi connectivity index (χ2n) is 4.58. The Hall–Kier alpha value is -1.52. The molecular weight excluding hydrogens is 352 g/mol. The Kier molecular flexibility index (Phi) is 4.17. The molecule has 0 saturated carbocycles. The molecular formula is C16H14BrClN2O. The molecule has 21 heavy (non-hydrogen) atoms. The molecule has 5 heteroatoms. The minimum absolute atomic E-state index is 0.524. The van der Waals surface area contributed by atoms with E-state index < -0.39 is 0 Å². The van der Waals surface area contributed by atoms with Gasteiger partial charge in [-0.25, -0.2) is 4.98 Å². The van der Waals surface area contributed by atoms with Crippen LogP contribution in [0.5, 0.6) is 5.75 Å². The number of ether oxygens (including phenoxy) is 1. The second-order valence-corrected chi connectivity index (χ2v) is 5.81. The van der Waals surface area contributed by atoms with Crippen molar-refractivity contribution in [2.75, 3.05) is 13.0 Å². The largest absolute Gasteiger partial charge is 0.494 e. The fourth-order valence-corrected chi connectivity index (χ4v) is 3.07. The summed E-state index contributed by atoms with van der Waals surface area (Å²) >= 11 is 9.55. The average Bonchev–Trinajstić information content (AvgIpc) is 2.86. The first kappa shape index (κ1) is 14.4. The summed E-state index contributed by atoms with van der Waals surface area (Å²) in [5.41, 5.74) is 2.92. The molecule has 0 saturated heterocycles. The van der Waals surface area contributed by atoms with Crippen molar-refractivity contribution in [3.05, 3.63) is 52.8 Å². The molecule has 108 valence electrons. The van der Waals surface area contributed by atoms with Crippen molar-refractivity contribution in [1.82, 2.24) is 9.55 Å². The summed E-state index contributed by atoms with van der Waals surface area (Å²) in [5, 5.41) is 0. The zero-order chi connectivity index (χ0) is 14.8. The maximum absolute atomic E-state index is 5.94. The van der Waals surface area contributed by atoms with E-state index in [-0.39, 0.29) is 0 Å². The molecule has 0 aliphatic carbocycles. The Labute approximate surface area is 136 Å². The van der Waals surface area contributed by atoms with E-state index in [9.17, 15) is 0 Å². The number of methoxy groups -OCH3 is 1. The number of hydrogen-bond donors (Lipinski definition) is 0. The monoisotopic (exact) mass is 364 g/mol. The molecule has 0 amide bonds. The number of fused-ring (bicyclic) bond motifs is 1. The first-order chi connectivity index (χ1) is 10.3. The number of hydrogen-bond acceptors (Lipinski definition) is 2. The summed E-state index contributed by atoms with van der Waals surface area (Å²) in [6, 6.07) is 14.0. The smallest absolute Gasteiger partial charge is 0.146 e. The van der Waals surface area contributed by atoms with Crippen LogP contribution in [0.3, 0.4) is 0 Å². The number of aromatic nitrogens is 2. The van der Waals surface area contributed by atoms with Crippen LogP contribution in [-0.4, -0.2) is 22.5 Å². The Morgan fingerprint density at radius 3 is 2.71 bits per heavy atom. The highest BCUT2D eigenvalue weighted by Gasteiger charge is 2.16. The molecule has 2 aromatic carbocycles. The number of para-hydroxylation sites is 2. The molecule has 1 heterocycles. The average molecular weight is 366 g/mol. The summed E-state index contributed by atoms with van der Waals surface area (Å²) in [6.45, 7) is 0. The molecule has 0 atom stereocenters. The van der Waals surface area contributed by atoms with Crippen molar-refractivity contribution >= 4 is 38.6 Å². The van der Waals surface area contributed by atoms with Crippen LogP contribution >= 0.6 is 27.5 Å². The van der Waals surface area contributed by atoms with Crippen molar-refractivity contribution < 1.29 is 4.74 Å². The van der Waals surface area contributed by atoms with Crippen LogP contribution in [0, 0.1) is 0 Å². The second kappa shape index (κ2) is 6.08. The first-order valence-corrected chi connectivity index (χ1v) is 7.94. The Morgan fingerprint density at radius 1 is 1.19 bits per heavy atom. The molecule has 0 spiro atoms. The van der Waals surface area contributed by atoms with Gasteiger partial charge in [-0.15, -0.1) is 11.6 Å².